The molecular formula is C58H37N3O. The van der Waals surface area contributed by atoms with Crippen LogP contribution in [0, 0.1) is 0 Å². The fourth-order valence-corrected chi connectivity index (χ4v) is 9.55. The van der Waals surface area contributed by atoms with Gasteiger partial charge in [0.15, 0.2) is 17.5 Å². The summed E-state index contributed by atoms with van der Waals surface area (Å²) >= 11 is 0. The van der Waals surface area contributed by atoms with Crippen molar-refractivity contribution in [3.8, 4) is 67.5 Å². The summed E-state index contributed by atoms with van der Waals surface area (Å²) in [7, 11) is 0. The Hall–Kier alpha value is -8.21. The first-order valence-electron chi connectivity index (χ1n) is 21.0. The number of hydrogen-bond acceptors (Lipinski definition) is 4. The van der Waals surface area contributed by atoms with Crippen LogP contribution in [0.15, 0.2) is 229 Å². The molecule has 2 heterocycles. The summed E-state index contributed by atoms with van der Waals surface area (Å²) in [6.45, 7) is 0. The Morgan fingerprint density at radius 2 is 0.726 bits per heavy atom. The van der Waals surface area contributed by atoms with Gasteiger partial charge in [0.05, 0.1) is 5.41 Å². The maximum absolute atomic E-state index is 6.88. The van der Waals surface area contributed by atoms with Gasteiger partial charge < -0.3 is 4.42 Å². The third-order valence-electron chi connectivity index (χ3n) is 12.4. The van der Waals surface area contributed by atoms with Crippen LogP contribution in [0.5, 0.6) is 0 Å². The highest BCUT2D eigenvalue weighted by atomic mass is 16.3. The van der Waals surface area contributed by atoms with Gasteiger partial charge in [-0.3, -0.25) is 0 Å². The van der Waals surface area contributed by atoms with E-state index in [4.69, 9.17) is 19.4 Å². The van der Waals surface area contributed by atoms with Crippen molar-refractivity contribution in [3.05, 3.63) is 247 Å². The average Bonchev–Trinajstić information content (AvgIpc) is 3.88. The molecule has 0 atom stereocenters. The number of fused-ring (bicyclic) bond motifs is 6. The predicted octanol–water partition coefficient (Wildman–Crippen LogP) is 14.5. The van der Waals surface area contributed by atoms with E-state index in [9.17, 15) is 0 Å². The van der Waals surface area contributed by atoms with Crippen LogP contribution in [0.2, 0.25) is 0 Å². The van der Waals surface area contributed by atoms with E-state index in [1.165, 1.54) is 50.1 Å². The standard InChI is InChI=1S/C58H37N3O/c1-4-16-38(17-5-1)41-22-14-23-42(34-41)43-24-15-25-45(35-43)58(51-28-12-10-26-47(51)48-27-11-13-29-52(48)58)46-31-33-50-49-32-30-44(36-53(49)62-54(50)37-46)57-60-55(39-18-6-2-7-19-39)59-56(61-57)40-20-8-3-9-21-40/h1-37H. The monoisotopic (exact) mass is 791 g/mol. The maximum Gasteiger partial charge on any atom is 0.164 e. The van der Waals surface area contributed by atoms with Crippen LogP contribution in [0.1, 0.15) is 22.3 Å². The van der Waals surface area contributed by atoms with Crippen LogP contribution >= 0.6 is 0 Å². The van der Waals surface area contributed by atoms with E-state index < -0.39 is 5.41 Å². The number of benzene rings is 9. The van der Waals surface area contributed by atoms with Crippen molar-refractivity contribution < 1.29 is 4.42 Å². The molecule has 0 unspecified atom stereocenters. The molecule has 11 aromatic rings. The van der Waals surface area contributed by atoms with Crippen LogP contribution in [0.25, 0.3) is 89.5 Å². The lowest BCUT2D eigenvalue weighted by atomic mass is 9.67. The molecule has 0 amide bonds. The van der Waals surface area contributed by atoms with Crippen molar-refractivity contribution in [1.82, 2.24) is 15.0 Å². The molecular weight excluding hydrogens is 755 g/mol. The second-order valence-electron chi connectivity index (χ2n) is 15.9. The van der Waals surface area contributed by atoms with Gasteiger partial charge in [-0.1, -0.05) is 194 Å². The molecule has 1 aliphatic rings. The summed E-state index contributed by atoms with van der Waals surface area (Å²) in [5, 5.41) is 2.10. The van der Waals surface area contributed by atoms with Gasteiger partial charge >= 0.3 is 0 Å². The van der Waals surface area contributed by atoms with Crippen molar-refractivity contribution in [2.24, 2.45) is 0 Å². The van der Waals surface area contributed by atoms with Gasteiger partial charge in [0.1, 0.15) is 11.2 Å². The molecule has 9 aromatic carbocycles. The fourth-order valence-electron chi connectivity index (χ4n) is 9.55. The fraction of sp³-hybridized carbons (Fsp3) is 0.0172. The van der Waals surface area contributed by atoms with Crippen LogP contribution in [0.3, 0.4) is 0 Å². The number of aromatic nitrogens is 3. The summed E-state index contributed by atoms with van der Waals surface area (Å²) in [5.74, 6) is 1.84. The first kappa shape index (κ1) is 35.7. The van der Waals surface area contributed by atoms with Gasteiger partial charge in [-0.2, -0.15) is 0 Å². The molecule has 62 heavy (non-hydrogen) atoms. The highest BCUT2D eigenvalue weighted by Gasteiger charge is 2.46. The average molecular weight is 792 g/mol. The Labute approximate surface area is 359 Å². The molecule has 0 spiro atoms. The van der Waals surface area contributed by atoms with Crippen molar-refractivity contribution in [2.45, 2.75) is 5.41 Å². The minimum absolute atomic E-state index is 0.591. The summed E-state index contributed by atoms with van der Waals surface area (Å²) in [4.78, 5) is 14.9. The zero-order chi connectivity index (χ0) is 41.0. The lowest BCUT2D eigenvalue weighted by Gasteiger charge is -2.34. The number of rotatable bonds is 7. The van der Waals surface area contributed by atoms with Gasteiger partial charge in [0, 0.05) is 27.5 Å². The van der Waals surface area contributed by atoms with E-state index in [1.807, 2.05) is 60.7 Å². The highest BCUT2D eigenvalue weighted by molar-refractivity contribution is 6.06. The molecule has 4 nitrogen and oxygen atoms in total. The van der Waals surface area contributed by atoms with E-state index >= 15 is 0 Å². The van der Waals surface area contributed by atoms with Crippen molar-refractivity contribution in [1.29, 1.82) is 0 Å². The lowest BCUT2D eigenvalue weighted by molar-refractivity contribution is 0.665. The summed E-state index contributed by atoms with van der Waals surface area (Å²) in [6, 6.07) is 79.6. The molecule has 290 valence electrons. The lowest BCUT2D eigenvalue weighted by Crippen LogP contribution is -2.28. The van der Waals surface area contributed by atoms with Crippen molar-refractivity contribution in [2.75, 3.05) is 0 Å². The summed E-state index contributed by atoms with van der Waals surface area (Å²) in [5.41, 5.74) is 15.8. The van der Waals surface area contributed by atoms with E-state index in [0.717, 1.165) is 44.2 Å². The van der Waals surface area contributed by atoms with E-state index in [1.54, 1.807) is 0 Å². The Morgan fingerprint density at radius 3 is 1.34 bits per heavy atom. The molecule has 0 saturated carbocycles. The normalized spacial score (nSPS) is 12.6. The van der Waals surface area contributed by atoms with Crippen LogP contribution in [0.4, 0.5) is 0 Å². The number of hydrogen-bond donors (Lipinski definition) is 0. The zero-order valence-corrected chi connectivity index (χ0v) is 33.6. The smallest absolute Gasteiger partial charge is 0.164 e. The predicted molar refractivity (Wildman–Crippen MR) is 252 cm³/mol. The van der Waals surface area contributed by atoms with Gasteiger partial charge in [0.25, 0.3) is 0 Å². The summed E-state index contributed by atoms with van der Waals surface area (Å²) < 4.78 is 6.88. The topological polar surface area (TPSA) is 51.8 Å². The molecule has 0 N–H and O–H groups in total. The minimum atomic E-state index is -0.606. The molecule has 0 radical (unpaired) electrons. The SMILES string of the molecule is c1ccc(-c2cccc(-c3cccc(C4(c5ccc6c(c5)oc5cc(-c7nc(-c8ccccc8)nc(-c8ccccc8)n7)ccc56)c5ccccc5-c5ccccc54)c3)c2)cc1. The second-order valence-corrected chi connectivity index (χ2v) is 15.9. The van der Waals surface area contributed by atoms with Crippen molar-refractivity contribution >= 4 is 21.9 Å². The Kier molecular flexibility index (Phi) is 8.36. The van der Waals surface area contributed by atoms with E-state index in [0.29, 0.717) is 17.5 Å². The Balaban J connectivity index is 1.02. The van der Waals surface area contributed by atoms with E-state index in [2.05, 4.69) is 164 Å². The zero-order valence-electron chi connectivity index (χ0n) is 33.6. The van der Waals surface area contributed by atoms with Crippen molar-refractivity contribution in [3.63, 3.8) is 0 Å². The van der Waals surface area contributed by atoms with Gasteiger partial charge in [0.2, 0.25) is 0 Å². The maximum atomic E-state index is 6.88. The van der Waals surface area contributed by atoms with Gasteiger partial charge in [-0.15, -0.1) is 0 Å². The first-order chi connectivity index (χ1) is 30.7. The molecule has 1 aliphatic carbocycles. The van der Waals surface area contributed by atoms with Crippen LogP contribution in [-0.4, -0.2) is 15.0 Å². The van der Waals surface area contributed by atoms with Gasteiger partial charge in [-0.05, 0) is 86.0 Å². The van der Waals surface area contributed by atoms with Crippen LogP contribution < -0.4 is 0 Å². The number of nitrogens with zero attached hydrogens (tertiary/aromatic N) is 3. The molecule has 4 heteroatoms. The third-order valence-corrected chi connectivity index (χ3v) is 12.4. The minimum Gasteiger partial charge on any atom is -0.456 e. The quantitative estimate of drug-likeness (QED) is 0.161. The third kappa shape index (κ3) is 5.80. The Bertz CT molecular complexity index is 3360. The summed E-state index contributed by atoms with van der Waals surface area (Å²) in [6.07, 6.45) is 0. The molecule has 0 fully saturated rings. The van der Waals surface area contributed by atoms with Crippen LogP contribution in [-0.2, 0) is 5.41 Å². The first-order valence-corrected chi connectivity index (χ1v) is 21.0. The molecule has 0 aliphatic heterocycles. The Morgan fingerprint density at radius 1 is 0.290 bits per heavy atom. The molecule has 12 rings (SSSR count). The largest absolute Gasteiger partial charge is 0.456 e. The molecule has 0 bridgehead atoms. The van der Waals surface area contributed by atoms with E-state index in [-0.39, 0.29) is 0 Å². The molecule has 2 aromatic heterocycles. The second kappa shape index (κ2) is 14.5. The highest BCUT2D eigenvalue weighted by Crippen LogP contribution is 2.57. The molecule has 0 saturated heterocycles. The number of furan rings is 1. The van der Waals surface area contributed by atoms with Gasteiger partial charge in [-0.25, -0.2) is 15.0 Å².